The number of benzene rings is 1. The average molecular weight is 354 g/mol. The molecule has 0 radical (unpaired) electrons. The van der Waals surface area contributed by atoms with Crippen molar-refractivity contribution in [3.8, 4) is 0 Å². The van der Waals surface area contributed by atoms with Gasteiger partial charge in [-0.3, -0.25) is 9.69 Å². The molecule has 2 bridgehead atoms. The van der Waals surface area contributed by atoms with Gasteiger partial charge >= 0.3 is 5.97 Å². The largest absolute Gasteiger partial charge is 0.469 e. The minimum Gasteiger partial charge on any atom is -0.469 e. The number of aliphatic hydroxyl groups excluding tert-OH is 1. The Hall–Kier alpha value is -1.59. The number of piperidine rings is 1. The molecule has 7 rings (SSSR count). The summed E-state index contributed by atoms with van der Waals surface area (Å²) in [5.41, 5.74) is 1.80. The average Bonchev–Trinajstić information content (AvgIpc) is 3.20. The number of nitrogens with zero attached hydrogens (tertiary/aromatic N) is 1. The number of fused-ring (bicyclic) bond motifs is 3. The third kappa shape index (κ3) is 1.34. The molecule has 3 heterocycles. The van der Waals surface area contributed by atoms with Crippen LogP contribution in [0.1, 0.15) is 37.7 Å². The molecule has 0 unspecified atom stereocenters. The summed E-state index contributed by atoms with van der Waals surface area (Å²) in [6.07, 6.45) is 4.48. The Bertz CT molecular complexity index is 812. The molecule has 5 nitrogen and oxygen atoms in total. The fourth-order valence-corrected chi connectivity index (χ4v) is 8.07. The standard InChI is InChI=1S/C21H26N2O3/c1-26-17(25)15-16(24)19-7-4-11-23-12-10-20(18(19)23)13-5-2-3-6-14(13)22-21(15,20)9-8-19/h2-3,5-6,15-16,18,22,24H,4,7-12H2,1H3/t15-,16+,18-,19+,20+,21-/m0/s1. The van der Waals surface area contributed by atoms with Crippen LogP contribution >= 0.6 is 0 Å². The molecule has 6 atom stereocenters. The SMILES string of the molecule is COC(=O)[C@@H]1[C@@H](O)[C@@]23CCCN4CC[C@@]5(c6ccccc6N[C@@]15CC2)[C@@H]43. The summed E-state index contributed by atoms with van der Waals surface area (Å²) in [6.45, 7) is 2.17. The minimum atomic E-state index is -0.635. The van der Waals surface area contributed by atoms with Gasteiger partial charge in [0.1, 0.15) is 5.92 Å². The van der Waals surface area contributed by atoms with E-state index in [4.69, 9.17) is 4.74 Å². The summed E-state index contributed by atoms with van der Waals surface area (Å²) in [7, 11) is 1.46. The molecule has 3 spiro atoms. The van der Waals surface area contributed by atoms with E-state index in [9.17, 15) is 9.90 Å². The molecular weight excluding hydrogens is 328 g/mol. The van der Waals surface area contributed by atoms with Crippen molar-refractivity contribution in [1.82, 2.24) is 4.90 Å². The molecule has 5 heteroatoms. The highest BCUT2D eigenvalue weighted by Gasteiger charge is 2.81. The number of carbonyl (C=O) groups excluding carboxylic acids is 1. The van der Waals surface area contributed by atoms with Gasteiger partial charge in [0.25, 0.3) is 0 Å². The lowest BCUT2D eigenvalue weighted by atomic mass is 9.38. The van der Waals surface area contributed by atoms with E-state index in [0.29, 0.717) is 6.04 Å². The van der Waals surface area contributed by atoms with Crippen molar-refractivity contribution in [2.24, 2.45) is 11.3 Å². The smallest absolute Gasteiger partial charge is 0.313 e. The van der Waals surface area contributed by atoms with Crippen molar-refractivity contribution < 1.29 is 14.6 Å². The van der Waals surface area contributed by atoms with Gasteiger partial charge in [0.2, 0.25) is 0 Å². The number of carbonyl (C=O) groups is 1. The number of rotatable bonds is 1. The van der Waals surface area contributed by atoms with Crippen LogP contribution in [0, 0.1) is 11.3 Å². The monoisotopic (exact) mass is 354 g/mol. The van der Waals surface area contributed by atoms with Crippen LogP contribution in [0.2, 0.25) is 0 Å². The highest BCUT2D eigenvalue weighted by Crippen LogP contribution is 2.74. The zero-order valence-corrected chi connectivity index (χ0v) is 15.2. The van der Waals surface area contributed by atoms with Gasteiger partial charge in [0, 0.05) is 22.6 Å². The zero-order valence-electron chi connectivity index (χ0n) is 15.2. The van der Waals surface area contributed by atoms with Crippen molar-refractivity contribution >= 4 is 11.7 Å². The summed E-state index contributed by atoms with van der Waals surface area (Å²) in [4.78, 5) is 15.6. The molecule has 26 heavy (non-hydrogen) atoms. The summed E-state index contributed by atoms with van der Waals surface area (Å²) in [6, 6.07) is 8.91. The van der Waals surface area contributed by atoms with Crippen molar-refractivity contribution in [2.75, 3.05) is 25.5 Å². The minimum absolute atomic E-state index is 0.0969. The van der Waals surface area contributed by atoms with Crippen LogP contribution in [0.4, 0.5) is 5.69 Å². The Morgan fingerprint density at radius 3 is 2.92 bits per heavy atom. The van der Waals surface area contributed by atoms with Gasteiger partial charge in [-0.15, -0.1) is 0 Å². The number of para-hydroxylation sites is 1. The number of aliphatic hydroxyl groups is 1. The molecule has 138 valence electrons. The van der Waals surface area contributed by atoms with Gasteiger partial charge in [0.05, 0.1) is 18.8 Å². The summed E-state index contributed by atoms with van der Waals surface area (Å²) in [5, 5.41) is 15.4. The fourth-order valence-electron chi connectivity index (χ4n) is 8.07. The van der Waals surface area contributed by atoms with Crippen LogP contribution in [0.15, 0.2) is 24.3 Å². The molecule has 3 aliphatic carbocycles. The van der Waals surface area contributed by atoms with Crippen molar-refractivity contribution in [3.05, 3.63) is 29.8 Å². The highest BCUT2D eigenvalue weighted by molar-refractivity contribution is 5.81. The van der Waals surface area contributed by atoms with Crippen molar-refractivity contribution in [3.63, 3.8) is 0 Å². The van der Waals surface area contributed by atoms with Gasteiger partial charge in [-0.25, -0.2) is 0 Å². The maximum absolute atomic E-state index is 13.0. The zero-order chi connectivity index (χ0) is 17.7. The Labute approximate surface area is 153 Å². The van der Waals surface area contributed by atoms with E-state index in [2.05, 4.69) is 34.5 Å². The van der Waals surface area contributed by atoms with Crippen molar-refractivity contribution in [1.29, 1.82) is 0 Å². The Balaban J connectivity index is 1.67. The first kappa shape index (κ1) is 15.5. The predicted molar refractivity (Wildman–Crippen MR) is 96.9 cm³/mol. The molecule has 1 aromatic carbocycles. The second kappa shape index (κ2) is 4.63. The first-order valence-electron chi connectivity index (χ1n) is 9.98. The van der Waals surface area contributed by atoms with Gasteiger partial charge < -0.3 is 15.2 Å². The second-order valence-electron chi connectivity index (χ2n) is 9.08. The van der Waals surface area contributed by atoms with E-state index in [-0.39, 0.29) is 16.8 Å². The van der Waals surface area contributed by atoms with Crippen LogP contribution in [-0.4, -0.2) is 53.9 Å². The normalized spacial score (nSPS) is 47.7. The van der Waals surface area contributed by atoms with Crippen LogP contribution < -0.4 is 5.32 Å². The molecule has 1 aromatic rings. The molecule has 0 amide bonds. The lowest BCUT2D eigenvalue weighted by Crippen LogP contribution is -2.81. The first-order chi connectivity index (χ1) is 12.6. The Kier molecular flexibility index (Phi) is 2.75. The summed E-state index contributed by atoms with van der Waals surface area (Å²) in [5.74, 6) is -0.748. The van der Waals surface area contributed by atoms with E-state index in [1.54, 1.807) is 0 Å². The molecular formula is C21H26N2O3. The number of anilines is 1. The van der Waals surface area contributed by atoms with Gasteiger partial charge in [-0.2, -0.15) is 0 Å². The van der Waals surface area contributed by atoms with Crippen LogP contribution in [0.5, 0.6) is 0 Å². The first-order valence-corrected chi connectivity index (χ1v) is 9.98. The molecule has 6 aliphatic rings. The predicted octanol–water partition coefficient (Wildman–Crippen LogP) is 1.90. The van der Waals surface area contributed by atoms with Gasteiger partial charge in [-0.1, -0.05) is 18.2 Å². The van der Waals surface area contributed by atoms with Crippen LogP contribution in [-0.2, 0) is 14.9 Å². The number of ether oxygens (including phenoxy) is 1. The van der Waals surface area contributed by atoms with E-state index >= 15 is 0 Å². The Morgan fingerprint density at radius 1 is 1.23 bits per heavy atom. The van der Waals surface area contributed by atoms with Gasteiger partial charge in [-0.05, 0) is 56.8 Å². The number of methoxy groups -OCH3 is 1. The molecule has 0 aromatic heterocycles. The number of hydrogen-bond acceptors (Lipinski definition) is 5. The third-order valence-electron chi connectivity index (χ3n) is 8.69. The molecule has 2 N–H and O–H groups in total. The van der Waals surface area contributed by atoms with Crippen molar-refractivity contribution in [2.45, 2.75) is 55.2 Å². The second-order valence-corrected chi connectivity index (χ2v) is 9.08. The fraction of sp³-hybridized carbons (Fsp3) is 0.667. The summed E-state index contributed by atoms with van der Waals surface area (Å²) >= 11 is 0. The van der Waals surface area contributed by atoms with Crippen LogP contribution in [0.25, 0.3) is 0 Å². The molecule has 2 saturated heterocycles. The third-order valence-corrected chi connectivity index (χ3v) is 8.69. The molecule has 3 aliphatic heterocycles. The molecule has 3 saturated carbocycles. The molecule has 5 fully saturated rings. The summed E-state index contributed by atoms with van der Waals surface area (Å²) < 4.78 is 5.24. The van der Waals surface area contributed by atoms with Gasteiger partial charge in [0.15, 0.2) is 0 Å². The maximum atomic E-state index is 13.0. The quantitative estimate of drug-likeness (QED) is 0.755. The topological polar surface area (TPSA) is 61.8 Å². The van der Waals surface area contributed by atoms with Crippen LogP contribution in [0.3, 0.4) is 0 Å². The maximum Gasteiger partial charge on any atom is 0.313 e. The van der Waals surface area contributed by atoms with E-state index in [0.717, 1.165) is 50.9 Å². The van der Waals surface area contributed by atoms with E-state index < -0.39 is 17.6 Å². The number of nitrogens with one attached hydrogen (secondary N) is 1. The number of esters is 1. The van der Waals surface area contributed by atoms with E-state index in [1.807, 2.05) is 0 Å². The Morgan fingerprint density at radius 2 is 2.08 bits per heavy atom. The lowest BCUT2D eigenvalue weighted by Gasteiger charge is -2.70. The lowest BCUT2D eigenvalue weighted by molar-refractivity contribution is -0.215. The highest BCUT2D eigenvalue weighted by atomic mass is 16.5. The van der Waals surface area contributed by atoms with E-state index in [1.165, 1.54) is 12.7 Å². The number of hydrogen-bond donors (Lipinski definition) is 2.